The van der Waals surface area contributed by atoms with Crippen molar-refractivity contribution in [1.82, 2.24) is 13.5 Å². The summed E-state index contributed by atoms with van der Waals surface area (Å²) in [6.45, 7) is 7.62. The van der Waals surface area contributed by atoms with E-state index in [0.717, 1.165) is 12.8 Å². The average molecular weight is 320 g/mol. The highest BCUT2D eigenvalue weighted by atomic mass is 32.2. The molecular weight excluding hydrogens is 296 g/mol. The fourth-order valence-corrected chi connectivity index (χ4v) is 4.52. The first kappa shape index (κ1) is 16.1. The largest absolute Gasteiger partial charge is 0.392 e. The van der Waals surface area contributed by atoms with Crippen LogP contribution in [-0.2, 0) is 10.2 Å². The second-order valence-electron chi connectivity index (χ2n) is 5.92. The molecule has 2 rings (SSSR count). The number of thiocarbonyl (C=S) groups is 1. The molecular formula is C12H24N4O2S2. The zero-order valence-electron chi connectivity index (χ0n) is 12.2. The molecule has 6 nitrogen and oxygen atoms in total. The summed E-state index contributed by atoms with van der Waals surface area (Å²) in [6.07, 6.45) is 1.93. The van der Waals surface area contributed by atoms with Crippen LogP contribution in [0.2, 0.25) is 0 Å². The summed E-state index contributed by atoms with van der Waals surface area (Å²) in [6, 6.07) is 0. The highest BCUT2D eigenvalue weighted by molar-refractivity contribution is 7.86. The Balaban J connectivity index is 1.99. The summed E-state index contributed by atoms with van der Waals surface area (Å²) in [4.78, 5) is 2.61. The molecule has 0 bridgehead atoms. The first-order valence-corrected chi connectivity index (χ1v) is 8.87. The van der Waals surface area contributed by atoms with Crippen molar-refractivity contribution in [2.45, 2.75) is 32.2 Å². The molecule has 0 atom stereocenters. The molecule has 0 aromatic rings. The Bertz CT molecular complexity index is 464. The lowest BCUT2D eigenvalue weighted by molar-refractivity contribution is 0.120. The minimum atomic E-state index is -3.28. The Hall–Kier alpha value is -0.280. The maximum absolute atomic E-state index is 12.5. The maximum Gasteiger partial charge on any atom is 0.282 e. The lowest BCUT2D eigenvalue weighted by Crippen LogP contribution is -2.60. The van der Waals surface area contributed by atoms with Gasteiger partial charge in [-0.15, -0.1) is 0 Å². The maximum atomic E-state index is 12.5. The Morgan fingerprint density at radius 3 is 1.90 bits per heavy atom. The minimum Gasteiger partial charge on any atom is -0.392 e. The quantitative estimate of drug-likeness (QED) is 0.739. The fourth-order valence-electron chi connectivity index (χ4n) is 2.72. The van der Waals surface area contributed by atoms with Gasteiger partial charge >= 0.3 is 0 Å². The SMILES string of the molecule is CC(C)(C(N)=S)N1CCN(S(=O)(=O)N2CCCC2)CC1. The highest BCUT2D eigenvalue weighted by Crippen LogP contribution is 2.21. The van der Waals surface area contributed by atoms with Gasteiger partial charge in [0.1, 0.15) is 0 Å². The molecule has 2 aliphatic rings. The van der Waals surface area contributed by atoms with Gasteiger partial charge < -0.3 is 5.73 Å². The van der Waals surface area contributed by atoms with E-state index in [9.17, 15) is 8.42 Å². The summed E-state index contributed by atoms with van der Waals surface area (Å²) in [5.41, 5.74) is 5.41. The van der Waals surface area contributed by atoms with Crippen molar-refractivity contribution in [3.8, 4) is 0 Å². The van der Waals surface area contributed by atoms with Crippen molar-refractivity contribution >= 4 is 27.4 Å². The van der Waals surface area contributed by atoms with Gasteiger partial charge in [-0.05, 0) is 26.7 Å². The Morgan fingerprint density at radius 2 is 1.45 bits per heavy atom. The normalized spacial score (nSPS) is 24.1. The van der Waals surface area contributed by atoms with Gasteiger partial charge in [-0.1, -0.05) is 12.2 Å². The van der Waals surface area contributed by atoms with Crippen molar-refractivity contribution in [2.75, 3.05) is 39.3 Å². The molecule has 116 valence electrons. The summed E-state index contributed by atoms with van der Waals surface area (Å²) >= 11 is 5.10. The third kappa shape index (κ3) is 2.99. The second kappa shape index (κ2) is 5.84. The summed E-state index contributed by atoms with van der Waals surface area (Å²) in [7, 11) is -3.28. The number of hydrogen-bond donors (Lipinski definition) is 1. The van der Waals surface area contributed by atoms with Gasteiger partial charge in [-0.2, -0.15) is 17.0 Å². The van der Waals surface area contributed by atoms with E-state index >= 15 is 0 Å². The molecule has 2 N–H and O–H groups in total. The van der Waals surface area contributed by atoms with Crippen molar-refractivity contribution in [3.63, 3.8) is 0 Å². The van der Waals surface area contributed by atoms with Crippen LogP contribution in [-0.4, -0.2) is 71.7 Å². The van der Waals surface area contributed by atoms with E-state index in [4.69, 9.17) is 18.0 Å². The minimum absolute atomic E-state index is 0.362. The van der Waals surface area contributed by atoms with Crippen LogP contribution in [0, 0.1) is 0 Å². The van der Waals surface area contributed by atoms with Crippen LogP contribution in [0.4, 0.5) is 0 Å². The predicted octanol–water partition coefficient (Wildman–Crippen LogP) is 0.00930. The smallest absolute Gasteiger partial charge is 0.282 e. The van der Waals surface area contributed by atoms with Crippen molar-refractivity contribution in [1.29, 1.82) is 0 Å². The standard InChI is InChI=1S/C12H24N4O2S2/c1-12(2,11(13)19)14-7-9-16(10-8-14)20(17,18)15-5-3-4-6-15/h3-10H2,1-2H3,(H2,13,19). The van der Waals surface area contributed by atoms with Crippen LogP contribution >= 0.6 is 12.2 Å². The fraction of sp³-hybridized carbons (Fsp3) is 0.917. The number of hydrogen-bond acceptors (Lipinski definition) is 4. The molecule has 20 heavy (non-hydrogen) atoms. The van der Waals surface area contributed by atoms with E-state index in [2.05, 4.69) is 4.90 Å². The number of rotatable bonds is 4. The van der Waals surface area contributed by atoms with Crippen molar-refractivity contribution < 1.29 is 8.42 Å². The summed E-state index contributed by atoms with van der Waals surface area (Å²) in [5, 5.41) is 0. The van der Waals surface area contributed by atoms with Crippen LogP contribution in [0.15, 0.2) is 0 Å². The first-order valence-electron chi connectivity index (χ1n) is 7.06. The first-order chi connectivity index (χ1) is 9.26. The number of nitrogens with two attached hydrogens (primary N) is 1. The van der Waals surface area contributed by atoms with E-state index in [0.29, 0.717) is 44.3 Å². The Kier molecular flexibility index (Phi) is 4.70. The Morgan fingerprint density at radius 1 is 1.00 bits per heavy atom. The molecule has 0 amide bonds. The lowest BCUT2D eigenvalue weighted by Gasteiger charge is -2.43. The molecule has 0 aromatic heterocycles. The number of piperazine rings is 1. The molecule has 0 aromatic carbocycles. The third-order valence-corrected chi connectivity index (χ3v) is 6.88. The van der Waals surface area contributed by atoms with Gasteiger partial charge in [-0.25, -0.2) is 0 Å². The molecule has 0 spiro atoms. The molecule has 2 aliphatic heterocycles. The van der Waals surface area contributed by atoms with Crippen LogP contribution < -0.4 is 5.73 Å². The van der Waals surface area contributed by atoms with Gasteiger partial charge in [0.15, 0.2) is 0 Å². The molecule has 2 heterocycles. The van der Waals surface area contributed by atoms with E-state index < -0.39 is 10.2 Å². The molecule has 0 unspecified atom stereocenters. The average Bonchev–Trinajstić information content (AvgIpc) is 2.93. The van der Waals surface area contributed by atoms with Gasteiger partial charge in [0, 0.05) is 39.3 Å². The third-order valence-electron chi connectivity index (χ3n) is 4.35. The molecule has 2 saturated heterocycles. The zero-order valence-corrected chi connectivity index (χ0v) is 13.8. The van der Waals surface area contributed by atoms with Crippen molar-refractivity contribution in [2.24, 2.45) is 5.73 Å². The molecule has 2 fully saturated rings. The lowest BCUT2D eigenvalue weighted by atomic mass is 10.0. The molecule has 0 aliphatic carbocycles. The highest BCUT2D eigenvalue weighted by Gasteiger charge is 2.37. The summed E-state index contributed by atoms with van der Waals surface area (Å²) in [5.74, 6) is 0. The van der Waals surface area contributed by atoms with E-state index in [-0.39, 0.29) is 5.54 Å². The van der Waals surface area contributed by atoms with Gasteiger partial charge in [0.25, 0.3) is 10.2 Å². The Labute approximate surface area is 127 Å². The molecule has 0 saturated carbocycles. The van der Waals surface area contributed by atoms with Gasteiger partial charge in [0.2, 0.25) is 0 Å². The van der Waals surface area contributed by atoms with E-state index in [1.165, 1.54) is 0 Å². The predicted molar refractivity (Wildman–Crippen MR) is 83.7 cm³/mol. The van der Waals surface area contributed by atoms with Gasteiger partial charge in [-0.3, -0.25) is 4.90 Å². The van der Waals surface area contributed by atoms with Crippen LogP contribution in [0.3, 0.4) is 0 Å². The monoisotopic (exact) mass is 320 g/mol. The summed E-state index contributed by atoms with van der Waals surface area (Å²) < 4.78 is 28.1. The van der Waals surface area contributed by atoms with Crippen molar-refractivity contribution in [3.05, 3.63) is 0 Å². The number of nitrogens with zero attached hydrogens (tertiary/aromatic N) is 3. The van der Waals surface area contributed by atoms with Crippen LogP contribution in [0.25, 0.3) is 0 Å². The van der Waals surface area contributed by atoms with Crippen LogP contribution in [0.5, 0.6) is 0 Å². The van der Waals surface area contributed by atoms with E-state index in [1.54, 1.807) is 8.61 Å². The van der Waals surface area contributed by atoms with Crippen LogP contribution in [0.1, 0.15) is 26.7 Å². The van der Waals surface area contributed by atoms with E-state index in [1.807, 2.05) is 13.8 Å². The second-order valence-corrected chi connectivity index (χ2v) is 8.29. The topological polar surface area (TPSA) is 69.9 Å². The van der Waals surface area contributed by atoms with Gasteiger partial charge in [0.05, 0.1) is 10.5 Å². The molecule has 0 radical (unpaired) electrons. The molecule has 8 heteroatoms. The zero-order chi connectivity index (χ0) is 15.0.